The van der Waals surface area contributed by atoms with Gasteiger partial charge in [-0.05, 0) is 64.6 Å². The van der Waals surface area contributed by atoms with Gasteiger partial charge in [-0.1, -0.05) is 29.8 Å². The molecule has 2 aliphatic heterocycles. The molecular formula is C18H28N2. The molecular weight excluding hydrogens is 244 g/mol. The number of nitrogens with zero attached hydrogens (tertiary/aromatic N) is 1. The summed E-state index contributed by atoms with van der Waals surface area (Å²) < 4.78 is 0. The average Bonchev–Trinajstić information content (AvgIpc) is 2.66. The summed E-state index contributed by atoms with van der Waals surface area (Å²) >= 11 is 0. The van der Waals surface area contributed by atoms with Crippen LogP contribution >= 0.6 is 0 Å². The third kappa shape index (κ3) is 2.77. The van der Waals surface area contributed by atoms with E-state index in [0.29, 0.717) is 6.04 Å². The summed E-state index contributed by atoms with van der Waals surface area (Å²) in [5.41, 5.74) is 2.86. The van der Waals surface area contributed by atoms with Gasteiger partial charge in [-0.25, -0.2) is 0 Å². The fourth-order valence-corrected chi connectivity index (χ4v) is 4.38. The summed E-state index contributed by atoms with van der Waals surface area (Å²) in [7, 11) is 4.47. The van der Waals surface area contributed by atoms with Crippen molar-refractivity contribution in [1.29, 1.82) is 0 Å². The Morgan fingerprint density at radius 1 is 1.25 bits per heavy atom. The smallest absolute Gasteiger partial charge is 0.0134 e. The van der Waals surface area contributed by atoms with Gasteiger partial charge < -0.3 is 10.2 Å². The summed E-state index contributed by atoms with van der Waals surface area (Å²) in [6, 6.07) is 11.3. The van der Waals surface area contributed by atoms with Gasteiger partial charge in [-0.15, -0.1) is 0 Å². The first kappa shape index (κ1) is 14.1. The Labute approximate surface area is 123 Å². The molecule has 3 atom stereocenters. The first-order chi connectivity index (χ1) is 9.67. The number of likely N-dealkylation sites (N-methyl/N-ethyl adjacent to an activating group) is 1. The summed E-state index contributed by atoms with van der Waals surface area (Å²) in [6.45, 7) is 2.19. The van der Waals surface area contributed by atoms with Crippen LogP contribution in [0.1, 0.15) is 36.8 Å². The fraction of sp³-hybridized carbons (Fsp3) is 0.667. The number of piperidine rings is 1. The van der Waals surface area contributed by atoms with Crippen molar-refractivity contribution in [2.24, 2.45) is 5.92 Å². The normalized spacial score (nSPS) is 31.4. The second-order valence-corrected chi connectivity index (χ2v) is 6.87. The molecule has 2 fully saturated rings. The molecule has 110 valence electrons. The van der Waals surface area contributed by atoms with Crippen molar-refractivity contribution < 1.29 is 0 Å². The van der Waals surface area contributed by atoms with Gasteiger partial charge in [0.15, 0.2) is 0 Å². The Kier molecular flexibility index (Phi) is 4.13. The molecule has 0 saturated carbocycles. The third-order valence-electron chi connectivity index (χ3n) is 5.61. The molecule has 1 N–H and O–H groups in total. The maximum Gasteiger partial charge on any atom is 0.0134 e. The highest BCUT2D eigenvalue weighted by Crippen LogP contribution is 2.39. The highest BCUT2D eigenvalue weighted by molar-refractivity contribution is 5.23. The Hall–Kier alpha value is -0.860. The van der Waals surface area contributed by atoms with Crippen molar-refractivity contribution in [3.05, 3.63) is 35.4 Å². The summed E-state index contributed by atoms with van der Waals surface area (Å²) in [6.07, 6.45) is 6.76. The maximum absolute atomic E-state index is 3.60. The lowest BCUT2D eigenvalue weighted by atomic mass is 9.82. The molecule has 2 heterocycles. The monoisotopic (exact) mass is 272 g/mol. The number of fused-ring (bicyclic) bond motifs is 2. The van der Waals surface area contributed by atoms with Gasteiger partial charge in [0.1, 0.15) is 0 Å². The molecule has 2 heteroatoms. The van der Waals surface area contributed by atoms with E-state index in [-0.39, 0.29) is 0 Å². The predicted octanol–water partition coefficient (Wildman–Crippen LogP) is 3.00. The van der Waals surface area contributed by atoms with Gasteiger partial charge in [-0.2, -0.15) is 0 Å². The Bertz CT molecular complexity index is 442. The topological polar surface area (TPSA) is 15.3 Å². The van der Waals surface area contributed by atoms with Crippen LogP contribution in [-0.4, -0.2) is 37.1 Å². The highest BCUT2D eigenvalue weighted by atomic mass is 15.2. The van der Waals surface area contributed by atoms with Gasteiger partial charge >= 0.3 is 0 Å². The van der Waals surface area contributed by atoms with E-state index < -0.39 is 0 Å². The number of benzene rings is 1. The molecule has 0 aliphatic carbocycles. The lowest BCUT2D eigenvalue weighted by Crippen LogP contribution is -2.47. The van der Waals surface area contributed by atoms with Crippen LogP contribution in [0.25, 0.3) is 0 Å². The second kappa shape index (κ2) is 5.87. The summed E-state index contributed by atoms with van der Waals surface area (Å²) in [4.78, 5) is 2.63. The number of hydrogen-bond acceptors (Lipinski definition) is 2. The van der Waals surface area contributed by atoms with Crippen LogP contribution in [-0.2, 0) is 6.42 Å². The maximum atomic E-state index is 3.60. The van der Waals surface area contributed by atoms with Crippen LogP contribution < -0.4 is 5.32 Å². The first-order valence-electron chi connectivity index (χ1n) is 8.12. The highest BCUT2D eigenvalue weighted by Gasteiger charge is 2.40. The van der Waals surface area contributed by atoms with E-state index in [1.54, 1.807) is 0 Å². The number of aryl methyl sites for hydroxylation is 1. The Balaban J connectivity index is 1.68. The minimum absolute atomic E-state index is 0.633. The molecule has 1 aromatic rings. The SMILES string of the molecule is CNC(Cc1cccc(C)c1)C1CC2CCC(C1)N2C. The molecule has 2 nitrogen and oxygen atoms in total. The Morgan fingerprint density at radius 3 is 2.55 bits per heavy atom. The van der Waals surface area contributed by atoms with E-state index in [9.17, 15) is 0 Å². The van der Waals surface area contributed by atoms with Crippen molar-refractivity contribution in [2.45, 2.75) is 57.2 Å². The lowest BCUT2D eigenvalue weighted by molar-refractivity contribution is 0.114. The lowest BCUT2D eigenvalue weighted by Gasteiger charge is -2.40. The zero-order valence-electron chi connectivity index (χ0n) is 13.1. The van der Waals surface area contributed by atoms with Gasteiger partial charge in [0.05, 0.1) is 0 Å². The van der Waals surface area contributed by atoms with Gasteiger partial charge in [0.25, 0.3) is 0 Å². The van der Waals surface area contributed by atoms with Gasteiger partial charge in [0, 0.05) is 18.1 Å². The van der Waals surface area contributed by atoms with E-state index in [1.807, 2.05) is 0 Å². The van der Waals surface area contributed by atoms with E-state index >= 15 is 0 Å². The number of hydrogen-bond donors (Lipinski definition) is 1. The second-order valence-electron chi connectivity index (χ2n) is 6.87. The van der Waals surface area contributed by atoms with Crippen molar-refractivity contribution in [2.75, 3.05) is 14.1 Å². The molecule has 0 radical (unpaired) electrons. The average molecular weight is 272 g/mol. The largest absolute Gasteiger partial charge is 0.316 e. The molecule has 0 spiro atoms. The molecule has 1 aromatic carbocycles. The third-order valence-corrected chi connectivity index (χ3v) is 5.61. The van der Waals surface area contributed by atoms with Crippen molar-refractivity contribution in [3.63, 3.8) is 0 Å². The zero-order valence-corrected chi connectivity index (χ0v) is 13.1. The quantitative estimate of drug-likeness (QED) is 0.906. The molecule has 3 rings (SSSR count). The van der Waals surface area contributed by atoms with Crippen LogP contribution in [0, 0.1) is 12.8 Å². The van der Waals surface area contributed by atoms with Crippen LogP contribution in [0.2, 0.25) is 0 Å². The molecule has 3 unspecified atom stereocenters. The van der Waals surface area contributed by atoms with Gasteiger partial charge in [-0.3, -0.25) is 0 Å². The van der Waals surface area contributed by atoms with Gasteiger partial charge in [0.2, 0.25) is 0 Å². The van der Waals surface area contributed by atoms with Crippen molar-refractivity contribution in [3.8, 4) is 0 Å². The zero-order chi connectivity index (χ0) is 14.1. The molecule has 2 saturated heterocycles. The Morgan fingerprint density at radius 2 is 1.95 bits per heavy atom. The predicted molar refractivity (Wildman–Crippen MR) is 85.0 cm³/mol. The number of nitrogens with one attached hydrogen (secondary N) is 1. The minimum Gasteiger partial charge on any atom is -0.316 e. The summed E-state index contributed by atoms with van der Waals surface area (Å²) in [5.74, 6) is 0.842. The van der Waals surface area contributed by atoms with Crippen LogP contribution in [0.3, 0.4) is 0 Å². The van der Waals surface area contributed by atoms with E-state index in [2.05, 4.69) is 55.5 Å². The molecule has 0 amide bonds. The first-order valence-corrected chi connectivity index (χ1v) is 8.12. The standard InChI is InChI=1S/C18H28N2/c1-13-5-4-6-14(9-13)10-18(19-2)15-11-16-7-8-17(12-15)20(16)3/h4-6,9,15-19H,7-8,10-12H2,1-3H3. The molecule has 2 bridgehead atoms. The fourth-order valence-electron chi connectivity index (χ4n) is 4.38. The number of rotatable bonds is 4. The van der Waals surface area contributed by atoms with Crippen LogP contribution in [0.5, 0.6) is 0 Å². The van der Waals surface area contributed by atoms with Crippen molar-refractivity contribution >= 4 is 0 Å². The molecule has 0 aromatic heterocycles. The van der Waals surface area contributed by atoms with E-state index in [4.69, 9.17) is 0 Å². The molecule has 20 heavy (non-hydrogen) atoms. The van der Waals surface area contributed by atoms with E-state index in [1.165, 1.54) is 43.2 Å². The van der Waals surface area contributed by atoms with Crippen LogP contribution in [0.4, 0.5) is 0 Å². The molecule has 2 aliphatic rings. The van der Waals surface area contributed by atoms with Crippen molar-refractivity contribution in [1.82, 2.24) is 10.2 Å². The van der Waals surface area contributed by atoms with E-state index in [0.717, 1.165) is 18.0 Å². The summed E-state index contributed by atoms with van der Waals surface area (Å²) in [5, 5.41) is 3.60. The minimum atomic E-state index is 0.633. The van der Waals surface area contributed by atoms with Crippen LogP contribution in [0.15, 0.2) is 24.3 Å².